The molecule has 78 valence electrons. The summed E-state index contributed by atoms with van der Waals surface area (Å²) in [5.74, 6) is -0.583. The van der Waals surface area contributed by atoms with Gasteiger partial charge in [0, 0.05) is 16.2 Å². The fourth-order valence-corrected chi connectivity index (χ4v) is 1.07. The summed E-state index contributed by atoms with van der Waals surface area (Å²) >= 11 is 0. The minimum Gasteiger partial charge on any atom is -0.345 e. The van der Waals surface area contributed by atoms with Crippen LogP contribution in [0.3, 0.4) is 0 Å². The highest BCUT2D eigenvalue weighted by atomic mass is 16.3. The van der Waals surface area contributed by atoms with Gasteiger partial charge in [-0.3, -0.25) is 9.59 Å². The van der Waals surface area contributed by atoms with Gasteiger partial charge in [0.05, 0.1) is 6.54 Å². The molecule has 0 aliphatic carbocycles. The van der Waals surface area contributed by atoms with E-state index in [1.807, 2.05) is 0 Å². The third kappa shape index (κ3) is 2.98. The molecule has 5 heteroatoms. The van der Waals surface area contributed by atoms with E-state index in [0.717, 1.165) is 0 Å². The average molecular weight is 207 g/mol. The molecule has 2 N–H and O–H groups in total. The highest BCUT2D eigenvalue weighted by Crippen LogP contribution is 2.07. The van der Waals surface area contributed by atoms with Crippen molar-refractivity contribution >= 4 is 17.4 Å². The maximum atomic E-state index is 11.5. The van der Waals surface area contributed by atoms with Crippen LogP contribution in [0.2, 0.25) is 0 Å². The fraction of sp³-hybridized carbons (Fsp3) is 0.200. The number of Topliss-reactive ketones (excluding diaryl/α,β-unsaturated/α-hetero) is 1. The van der Waals surface area contributed by atoms with E-state index < -0.39 is 5.91 Å². The Balaban J connectivity index is 2.81. The summed E-state index contributed by atoms with van der Waals surface area (Å²) < 4.78 is 0. The number of hydrogen-bond acceptors (Lipinski definition) is 3. The van der Waals surface area contributed by atoms with E-state index in [9.17, 15) is 14.5 Å². The normalized spacial score (nSPS) is 9.40. The molecular formula is C10H11N2O3+. The van der Waals surface area contributed by atoms with Gasteiger partial charge in [-0.25, -0.2) is 0 Å². The second-order valence-electron chi connectivity index (χ2n) is 3.03. The first-order valence-electron chi connectivity index (χ1n) is 4.40. The van der Waals surface area contributed by atoms with Gasteiger partial charge in [-0.05, 0) is 13.0 Å². The molecule has 0 saturated heterocycles. The largest absolute Gasteiger partial charge is 0.345 e. The summed E-state index contributed by atoms with van der Waals surface area (Å²) in [7, 11) is 0. The molecule has 1 amide bonds. The number of rotatable bonds is 4. The van der Waals surface area contributed by atoms with Gasteiger partial charge >= 0.3 is 0 Å². The smallest absolute Gasteiger partial charge is 0.266 e. The summed E-state index contributed by atoms with van der Waals surface area (Å²) in [5, 5.41) is 4.07. The lowest BCUT2D eigenvalue weighted by Gasteiger charge is -2.01. The molecule has 1 aromatic carbocycles. The van der Waals surface area contributed by atoms with Gasteiger partial charge in [-0.15, -0.1) is 0 Å². The van der Waals surface area contributed by atoms with E-state index in [1.165, 1.54) is 19.1 Å². The lowest BCUT2D eigenvalue weighted by Crippen LogP contribution is -2.57. The quantitative estimate of drug-likeness (QED) is 0.697. The monoisotopic (exact) mass is 207 g/mol. The van der Waals surface area contributed by atoms with Gasteiger partial charge in [0.1, 0.15) is 11.3 Å². The predicted molar refractivity (Wildman–Crippen MR) is 53.4 cm³/mol. The standard InChI is InChI=1S/C10H10N2O3/c1-7(13)6-11-10(14)8-4-2-3-5-9(8)12-15/h2-5H,6H2,1H3,(H,11,14)/p+1. The van der Waals surface area contributed by atoms with Crippen LogP contribution in [0.1, 0.15) is 17.3 Å². The Morgan fingerprint density at radius 1 is 1.33 bits per heavy atom. The molecule has 1 aromatic rings. The molecule has 0 spiro atoms. The zero-order chi connectivity index (χ0) is 11.3. The van der Waals surface area contributed by atoms with Crippen LogP contribution in [0.15, 0.2) is 24.3 Å². The minimum absolute atomic E-state index is 0.0357. The minimum atomic E-state index is -0.441. The zero-order valence-corrected chi connectivity index (χ0v) is 8.24. The van der Waals surface area contributed by atoms with Crippen molar-refractivity contribution in [3.05, 3.63) is 34.7 Å². The number of benzene rings is 1. The molecule has 0 heterocycles. The zero-order valence-electron chi connectivity index (χ0n) is 8.24. The van der Waals surface area contributed by atoms with Crippen molar-refractivity contribution in [3.63, 3.8) is 0 Å². The highest BCUT2D eigenvalue weighted by Gasteiger charge is 2.15. The third-order valence-electron chi connectivity index (χ3n) is 1.78. The number of para-hydroxylation sites is 1. The first kappa shape index (κ1) is 11.0. The number of nitrogens with one attached hydrogen (secondary N) is 2. The SMILES string of the molecule is CC(=O)CNC(=O)c1ccccc1[NH+]=O. The second kappa shape index (κ2) is 4.99. The van der Waals surface area contributed by atoms with Crippen molar-refractivity contribution in [3.8, 4) is 0 Å². The summed E-state index contributed by atoms with van der Waals surface area (Å²) in [4.78, 5) is 32.6. The summed E-state index contributed by atoms with van der Waals surface area (Å²) in [5.41, 5.74) is 0.423. The van der Waals surface area contributed by atoms with Gasteiger partial charge in [-0.2, -0.15) is 0 Å². The van der Waals surface area contributed by atoms with E-state index in [2.05, 4.69) is 5.32 Å². The molecule has 5 nitrogen and oxygen atoms in total. The molecule has 1 rings (SSSR count). The fourth-order valence-electron chi connectivity index (χ4n) is 1.07. The van der Waals surface area contributed by atoms with Crippen LogP contribution >= 0.6 is 0 Å². The van der Waals surface area contributed by atoms with Gasteiger partial charge in [-0.1, -0.05) is 12.1 Å². The van der Waals surface area contributed by atoms with Gasteiger partial charge < -0.3 is 5.32 Å². The van der Waals surface area contributed by atoms with Gasteiger partial charge in [0.15, 0.2) is 0 Å². The maximum absolute atomic E-state index is 11.5. The summed E-state index contributed by atoms with van der Waals surface area (Å²) in [6, 6.07) is 6.29. The third-order valence-corrected chi connectivity index (χ3v) is 1.78. The molecular weight excluding hydrogens is 196 g/mol. The first-order valence-corrected chi connectivity index (χ1v) is 4.40. The van der Waals surface area contributed by atoms with Crippen molar-refractivity contribution < 1.29 is 14.8 Å². The van der Waals surface area contributed by atoms with Crippen LogP contribution in [-0.4, -0.2) is 18.2 Å². The van der Waals surface area contributed by atoms with E-state index in [0.29, 0.717) is 0 Å². The topological polar surface area (TPSA) is 77.2 Å². The van der Waals surface area contributed by atoms with Crippen LogP contribution in [0.4, 0.5) is 5.69 Å². The van der Waals surface area contributed by atoms with E-state index in [-0.39, 0.29) is 23.6 Å². The molecule has 0 saturated carbocycles. The Labute approximate surface area is 86.5 Å². The number of amides is 1. The molecule has 0 aromatic heterocycles. The van der Waals surface area contributed by atoms with E-state index in [1.54, 1.807) is 17.3 Å². The summed E-state index contributed by atoms with van der Waals surface area (Å²) in [6.45, 7) is 1.34. The van der Waals surface area contributed by atoms with Crippen LogP contribution in [0.5, 0.6) is 0 Å². The van der Waals surface area contributed by atoms with Crippen LogP contribution in [0, 0.1) is 4.91 Å². The molecule has 0 aliphatic heterocycles. The first-order chi connectivity index (χ1) is 7.15. The number of ketones is 1. The summed E-state index contributed by atoms with van der Waals surface area (Å²) in [6.07, 6.45) is 0. The Kier molecular flexibility index (Phi) is 3.68. The molecule has 0 radical (unpaired) electrons. The number of carbonyl (C=O) groups excluding carboxylic acids is 2. The maximum Gasteiger partial charge on any atom is 0.266 e. The molecule has 0 fully saturated rings. The average Bonchev–Trinajstić information content (AvgIpc) is 2.25. The number of hydrogen-bond donors (Lipinski definition) is 2. The number of nitroso groups, excluding NO2 is 1. The Bertz CT molecular complexity index is 401. The second-order valence-corrected chi connectivity index (χ2v) is 3.03. The van der Waals surface area contributed by atoms with E-state index >= 15 is 0 Å². The van der Waals surface area contributed by atoms with Crippen molar-refractivity contribution in [1.29, 1.82) is 0 Å². The van der Waals surface area contributed by atoms with Crippen LogP contribution in [-0.2, 0) is 4.79 Å². The van der Waals surface area contributed by atoms with Crippen molar-refractivity contribution in [2.45, 2.75) is 6.92 Å². The predicted octanol–water partition coefficient (Wildman–Crippen LogP) is -0.516. The van der Waals surface area contributed by atoms with E-state index in [4.69, 9.17) is 0 Å². The highest BCUT2D eigenvalue weighted by molar-refractivity contribution is 5.99. The number of carbonyl (C=O) groups is 2. The molecule has 0 unspecified atom stereocenters. The molecule has 15 heavy (non-hydrogen) atoms. The Hall–Kier alpha value is -2.04. The van der Waals surface area contributed by atoms with Gasteiger partial charge in [0.2, 0.25) is 0 Å². The molecule has 0 bridgehead atoms. The Morgan fingerprint density at radius 3 is 2.60 bits per heavy atom. The molecule has 0 atom stereocenters. The van der Waals surface area contributed by atoms with Gasteiger partial charge in [0.25, 0.3) is 11.6 Å². The molecule has 0 aliphatic rings. The van der Waals surface area contributed by atoms with Crippen molar-refractivity contribution in [1.82, 2.24) is 5.32 Å². The van der Waals surface area contributed by atoms with Crippen LogP contribution < -0.4 is 10.5 Å². The Morgan fingerprint density at radius 2 is 2.00 bits per heavy atom. The lowest BCUT2D eigenvalue weighted by atomic mass is 10.1. The lowest BCUT2D eigenvalue weighted by molar-refractivity contribution is -0.379. The van der Waals surface area contributed by atoms with Crippen molar-refractivity contribution in [2.24, 2.45) is 0 Å². The van der Waals surface area contributed by atoms with Crippen LogP contribution in [0.25, 0.3) is 0 Å². The van der Waals surface area contributed by atoms with Crippen molar-refractivity contribution in [2.75, 3.05) is 6.54 Å².